The van der Waals surface area contributed by atoms with Crippen LogP contribution in [0.2, 0.25) is 0 Å². The monoisotopic (exact) mass is 137 g/mol. The topological polar surface area (TPSA) is 90.2 Å². The minimum absolute atomic E-state index is 0.259. The molecule has 0 aliphatic carbocycles. The van der Waals surface area contributed by atoms with Gasteiger partial charge in [-0.3, -0.25) is 0 Å². The maximum atomic E-state index is 5.35. The number of amidine groups is 1. The van der Waals surface area contributed by atoms with Crippen LogP contribution in [0, 0.1) is 0 Å². The molecule has 5 nitrogen and oxygen atoms in total. The summed E-state index contributed by atoms with van der Waals surface area (Å²) in [4.78, 5) is 0. The van der Waals surface area contributed by atoms with E-state index < -0.39 is 0 Å². The molecule has 0 fully saturated rings. The predicted molar refractivity (Wildman–Crippen MR) is 36.9 cm³/mol. The van der Waals surface area contributed by atoms with E-state index in [4.69, 9.17) is 11.6 Å². The third-order valence-electron chi connectivity index (χ3n) is 1.02. The van der Waals surface area contributed by atoms with Crippen LogP contribution < -0.4 is 11.6 Å². The summed E-state index contributed by atoms with van der Waals surface area (Å²) in [5.41, 5.74) is 6.03. The molecule has 4 N–H and O–H groups in total. The molecule has 0 aliphatic heterocycles. The zero-order chi connectivity index (χ0) is 7.40. The molecular formula is C5H7N5. The summed E-state index contributed by atoms with van der Waals surface area (Å²) in [6.07, 6.45) is 3.01. The van der Waals surface area contributed by atoms with Gasteiger partial charge in [-0.15, -0.1) is 0 Å². The van der Waals surface area contributed by atoms with Crippen molar-refractivity contribution in [1.82, 2.24) is 10.2 Å². The first-order chi connectivity index (χ1) is 4.84. The molecule has 1 rings (SSSR count). The number of hydrazone groups is 1. The van der Waals surface area contributed by atoms with Gasteiger partial charge in [0.05, 0.1) is 12.4 Å². The van der Waals surface area contributed by atoms with E-state index in [9.17, 15) is 0 Å². The fourth-order valence-corrected chi connectivity index (χ4v) is 0.517. The van der Waals surface area contributed by atoms with Crippen LogP contribution >= 0.6 is 0 Å². The smallest absolute Gasteiger partial charge is 0.151 e. The Labute approximate surface area is 57.7 Å². The van der Waals surface area contributed by atoms with Crippen molar-refractivity contribution in [2.75, 3.05) is 0 Å². The SMILES string of the molecule is N/N=C(/N)c1ccnnc1. The lowest BCUT2D eigenvalue weighted by atomic mass is 10.3. The molecule has 0 unspecified atom stereocenters. The van der Waals surface area contributed by atoms with Crippen LogP contribution in [0.4, 0.5) is 0 Å². The first-order valence-electron chi connectivity index (χ1n) is 2.65. The van der Waals surface area contributed by atoms with Crippen LogP contribution in [0.1, 0.15) is 5.56 Å². The van der Waals surface area contributed by atoms with Crippen molar-refractivity contribution >= 4 is 5.84 Å². The van der Waals surface area contributed by atoms with E-state index in [1.54, 1.807) is 6.07 Å². The van der Waals surface area contributed by atoms with E-state index in [0.717, 1.165) is 0 Å². The van der Waals surface area contributed by atoms with Gasteiger partial charge in [0, 0.05) is 5.56 Å². The second-order valence-electron chi connectivity index (χ2n) is 1.65. The molecule has 0 aliphatic rings. The van der Waals surface area contributed by atoms with Crippen LogP contribution in [-0.4, -0.2) is 16.0 Å². The quantitative estimate of drug-likeness (QED) is 0.226. The number of rotatable bonds is 1. The zero-order valence-electron chi connectivity index (χ0n) is 5.23. The first-order valence-corrected chi connectivity index (χ1v) is 2.65. The van der Waals surface area contributed by atoms with Gasteiger partial charge in [-0.05, 0) is 6.07 Å². The predicted octanol–water partition coefficient (Wildman–Crippen LogP) is -0.944. The second kappa shape index (κ2) is 2.77. The molecule has 0 saturated heterocycles. The maximum absolute atomic E-state index is 5.35. The molecular weight excluding hydrogens is 130 g/mol. The first kappa shape index (κ1) is 6.47. The number of nitrogens with zero attached hydrogens (tertiary/aromatic N) is 3. The Balaban J connectivity index is 2.96. The summed E-state index contributed by atoms with van der Waals surface area (Å²) < 4.78 is 0. The van der Waals surface area contributed by atoms with Crippen molar-refractivity contribution in [2.45, 2.75) is 0 Å². The number of aromatic nitrogens is 2. The standard InChI is InChI=1S/C5H7N5/c6-5(10-7)4-1-2-8-9-3-4/h1-3H,7H2,(H2,6,10). The molecule has 0 bridgehead atoms. The molecule has 0 aromatic carbocycles. The third kappa shape index (κ3) is 1.19. The lowest BCUT2D eigenvalue weighted by Gasteiger charge is -1.93. The third-order valence-corrected chi connectivity index (χ3v) is 1.02. The van der Waals surface area contributed by atoms with E-state index >= 15 is 0 Å². The molecule has 0 amide bonds. The lowest BCUT2D eigenvalue weighted by molar-refractivity contribution is 1.02. The largest absolute Gasteiger partial charge is 0.382 e. The van der Waals surface area contributed by atoms with Crippen molar-refractivity contribution in [3.63, 3.8) is 0 Å². The molecule has 0 atom stereocenters. The fraction of sp³-hybridized carbons (Fsp3) is 0. The van der Waals surface area contributed by atoms with Crippen LogP contribution in [0.3, 0.4) is 0 Å². The average Bonchev–Trinajstić information content (AvgIpc) is 2.05. The summed E-state index contributed by atoms with van der Waals surface area (Å²) in [5.74, 6) is 5.18. The van der Waals surface area contributed by atoms with Gasteiger partial charge in [0.25, 0.3) is 0 Å². The highest BCUT2D eigenvalue weighted by atomic mass is 15.2. The van der Waals surface area contributed by atoms with Crippen molar-refractivity contribution < 1.29 is 0 Å². The van der Waals surface area contributed by atoms with Gasteiger partial charge in [-0.1, -0.05) is 0 Å². The molecule has 1 heterocycles. The Hall–Kier alpha value is -1.65. The van der Waals surface area contributed by atoms with E-state index in [1.807, 2.05) is 0 Å². The normalized spacial score (nSPS) is 11.4. The summed E-state index contributed by atoms with van der Waals surface area (Å²) in [6.45, 7) is 0. The molecule has 10 heavy (non-hydrogen) atoms. The second-order valence-corrected chi connectivity index (χ2v) is 1.65. The minimum atomic E-state index is 0.259. The fourth-order valence-electron chi connectivity index (χ4n) is 0.517. The Bertz CT molecular complexity index is 229. The van der Waals surface area contributed by atoms with Crippen molar-refractivity contribution in [3.8, 4) is 0 Å². The molecule has 52 valence electrons. The molecule has 1 aromatic rings. The van der Waals surface area contributed by atoms with Crippen LogP contribution in [0.15, 0.2) is 23.6 Å². The summed E-state index contributed by atoms with van der Waals surface area (Å²) in [5, 5.41) is 10.4. The van der Waals surface area contributed by atoms with Gasteiger partial charge in [0.1, 0.15) is 0 Å². The van der Waals surface area contributed by atoms with E-state index in [0.29, 0.717) is 5.56 Å². The van der Waals surface area contributed by atoms with Gasteiger partial charge in [0.2, 0.25) is 0 Å². The molecule has 0 radical (unpaired) electrons. The van der Waals surface area contributed by atoms with Crippen LogP contribution in [-0.2, 0) is 0 Å². The highest BCUT2D eigenvalue weighted by Crippen LogP contribution is 1.90. The van der Waals surface area contributed by atoms with E-state index in [-0.39, 0.29) is 5.84 Å². The van der Waals surface area contributed by atoms with Crippen molar-refractivity contribution in [3.05, 3.63) is 24.0 Å². The summed E-state index contributed by atoms with van der Waals surface area (Å²) >= 11 is 0. The van der Waals surface area contributed by atoms with Crippen LogP contribution in [0.25, 0.3) is 0 Å². The van der Waals surface area contributed by atoms with Gasteiger partial charge in [-0.2, -0.15) is 15.3 Å². The average molecular weight is 137 g/mol. The number of hydrogen-bond donors (Lipinski definition) is 2. The van der Waals surface area contributed by atoms with Gasteiger partial charge in [-0.25, -0.2) is 0 Å². The minimum Gasteiger partial charge on any atom is -0.382 e. The van der Waals surface area contributed by atoms with Gasteiger partial charge in [0.15, 0.2) is 5.84 Å². The highest BCUT2D eigenvalue weighted by molar-refractivity contribution is 5.96. The zero-order valence-corrected chi connectivity index (χ0v) is 5.23. The number of nitrogens with two attached hydrogens (primary N) is 2. The van der Waals surface area contributed by atoms with Gasteiger partial charge < -0.3 is 11.6 Å². The Morgan fingerprint density at radius 3 is 2.80 bits per heavy atom. The molecule has 1 aromatic heterocycles. The maximum Gasteiger partial charge on any atom is 0.151 e. The summed E-state index contributed by atoms with van der Waals surface area (Å²) in [6, 6.07) is 1.68. The molecule has 0 saturated carbocycles. The van der Waals surface area contributed by atoms with Gasteiger partial charge >= 0.3 is 0 Å². The Morgan fingerprint density at radius 2 is 2.30 bits per heavy atom. The van der Waals surface area contributed by atoms with E-state index in [1.165, 1.54) is 12.4 Å². The summed E-state index contributed by atoms with van der Waals surface area (Å²) in [7, 11) is 0. The van der Waals surface area contributed by atoms with Crippen molar-refractivity contribution in [1.29, 1.82) is 0 Å². The molecule has 5 heteroatoms. The Kier molecular flexibility index (Phi) is 1.79. The van der Waals surface area contributed by atoms with Crippen LogP contribution in [0.5, 0.6) is 0 Å². The number of hydrogen-bond acceptors (Lipinski definition) is 4. The van der Waals surface area contributed by atoms with Crippen molar-refractivity contribution in [2.24, 2.45) is 16.7 Å². The Morgan fingerprint density at radius 1 is 1.50 bits per heavy atom. The highest BCUT2D eigenvalue weighted by Gasteiger charge is 1.94. The lowest BCUT2D eigenvalue weighted by Crippen LogP contribution is -2.15. The molecule has 0 spiro atoms. The van der Waals surface area contributed by atoms with E-state index in [2.05, 4.69) is 15.3 Å².